The summed E-state index contributed by atoms with van der Waals surface area (Å²) in [6.07, 6.45) is 3.72. The van der Waals surface area contributed by atoms with Crippen LogP contribution in [-0.2, 0) is 0 Å². The molecule has 0 spiro atoms. The molecule has 116 valence electrons. The molecule has 0 radical (unpaired) electrons. The Hall–Kier alpha value is -1.26. The van der Waals surface area contributed by atoms with E-state index in [4.69, 9.17) is 15.2 Å². The number of methoxy groups -OCH3 is 1. The fourth-order valence-electron chi connectivity index (χ4n) is 3.17. The van der Waals surface area contributed by atoms with Crippen molar-refractivity contribution in [1.29, 1.82) is 0 Å². The van der Waals surface area contributed by atoms with Gasteiger partial charge in [0.25, 0.3) is 0 Å². The standard InChI is InChI=1S/C17H26N2O2/c1-19-10-13(9-18)7-15(19)14-5-6-16(20-2)17(8-14)21-11-12-3-4-12/h5-6,8,12-13,15H,3-4,7,9-11,18H2,1-2H3. The molecule has 1 aliphatic heterocycles. The van der Waals surface area contributed by atoms with Gasteiger partial charge in [0.05, 0.1) is 13.7 Å². The van der Waals surface area contributed by atoms with Crippen LogP contribution in [0.2, 0.25) is 0 Å². The first-order valence-electron chi connectivity index (χ1n) is 7.92. The summed E-state index contributed by atoms with van der Waals surface area (Å²) in [4.78, 5) is 2.39. The fourth-order valence-corrected chi connectivity index (χ4v) is 3.17. The van der Waals surface area contributed by atoms with Gasteiger partial charge in [-0.15, -0.1) is 0 Å². The molecule has 3 rings (SSSR count). The maximum absolute atomic E-state index is 5.97. The molecule has 2 N–H and O–H groups in total. The smallest absolute Gasteiger partial charge is 0.161 e. The molecule has 2 aliphatic rings. The molecule has 2 atom stereocenters. The first-order chi connectivity index (χ1) is 10.2. The minimum Gasteiger partial charge on any atom is -0.493 e. The first kappa shape index (κ1) is 14.7. The number of likely N-dealkylation sites (tertiary alicyclic amines) is 1. The van der Waals surface area contributed by atoms with Crippen LogP contribution in [0.15, 0.2) is 18.2 Å². The average molecular weight is 290 g/mol. The van der Waals surface area contributed by atoms with E-state index in [-0.39, 0.29) is 0 Å². The van der Waals surface area contributed by atoms with Crippen molar-refractivity contribution < 1.29 is 9.47 Å². The van der Waals surface area contributed by atoms with Crippen molar-refractivity contribution in [2.75, 3.05) is 33.9 Å². The highest BCUT2D eigenvalue weighted by molar-refractivity contribution is 5.44. The van der Waals surface area contributed by atoms with Crippen molar-refractivity contribution in [3.05, 3.63) is 23.8 Å². The fraction of sp³-hybridized carbons (Fsp3) is 0.647. The highest BCUT2D eigenvalue weighted by atomic mass is 16.5. The SMILES string of the molecule is COc1ccc(C2CC(CN)CN2C)cc1OCC1CC1. The minimum absolute atomic E-state index is 0.438. The molecule has 21 heavy (non-hydrogen) atoms. The summed E-state index contributed by atoms with van der Waals surface area (Å²) < 4.78 is 11.4. The van der Waals surface area contributed by atoms with E-state index < -0.39 is 0 Å². The molecule has 1 aliphatic carbocycles. The lowest BCUT2D eigenvalue weighted by molar-refractivity contribution is 0.277. The van der Waals surface area contributed by atoms with Gasteiger partial charge in [0.15, 0.2) is 11.5 Å². The van der Waals surface area contributed by atoms with Gasteiger partial charge in [-0.2, -0.15) is 0 Å². The molecule has 1 aromatic carbocycles. The summed E-state index contributed by atoms with van der Waals surface area (Å²) in [5, 5.41) is 0. The Bertz CT molecular complexity index is 488. The summed E-state index contributed by atoms with van der Waals surface area (Å²) in [6.45, 7) is 2.65. The Labute approximate surface area is 127 Å². The van der Waals surface area contributed by atoms with E-state index in [2.05, 4.69) is 24.1 Å². The molecule has 1 saturated carbocycles. The monoisotopic (exact) mass is 290 g/mol. The Kier molecular flexibility index (Phi) is 4.36. The molecule has 2 unspecified atom stereocenters. The van der Waals surface area contributed by atoms with Crippen molar-refractivity contribution in [2.45, 2.75) is 25.3 Å². The summed E-state index contributed by atoms with van der Waals surface area (Å²) in [7, 11) is 3.88. The van der Waals surface area contributed by atoms with Crippen LogP contribution in [0.25, 0.3) is 0 Å². The Morgan fingerprint density at radius 3 is 2.67 bits per heavy atom. The number of rotatable bonds is 6. The second kappa shape index (κ2) is 6.24. The number of nitrogens with two attached hydrogens (primary N) is 1. The second-order valence-corrected chi connectivity index (χ2v) is 6.46. The van der Waals surface area contributed by atoms with E-state index in [1.165, 1.54) is 18.4 Å². The van der Waals surface area contributed by atoms with Crippen molar-refractivity contribution in [2.24, 2.45) is 17.6 Å². The Balaban J connectivity index is 1.76. The zero-order chi connectivity index (χ0) is 14.8. The van der Waals surface area contributed by atoms with Crippen molar-refractivity contribution in [1.82, 2.24) is 4.90 Å². The van der Waals surface area contributed by atoms with Crippen LogP contribution >= 0.6 is 0 Å². The highest BCUT2D eigenvalue weighted by Crippen LogP contribution is 2.38. The van der Waals surface area contributed by atoms with E-state index in [0.717, 1.165) is 43.5 Å². The summed E-state index contributed by atoms with van der Waals surface area (Å²) in [6, 6.07) is 6.78. The van der Waals surface area contributed by atoms with Gasteiger partial charge in [0.2, 0.25) is 0 Å². The number of benzene rings is 1. The van der Waals surface area contributed by atoms with Crippen LogP contribution in [0.3, 0.4) is 0 Å². The molecule has 0 bridgehead atoms. The lowest BCUT2D eigenvalue weighted by atomic mass is 9.99. The molecule has 1 saturated heterocycles. The zero-order valence-electron chi connectivity index (χ0n) is 13.0. The van der Waals surface area contributed by atoms with Crippen LogP contribution in [0.1, 0.15) is 30.9 Å². The number of hydrogen-bond donors (Lipinski definition) is 1. The third kappa shape index (κ3) is 3.33. The number of hydrogen-bond acceptors (Lipinski definition) is 4. The lowest BCUT2D eigenvalue weighted by Crippen LogP contribution is -2.20. The quantitative estimate of drug-likeness (QED) is 0.874. The third-order valence-electron chi connectivity index (χ3n) is 4.71. The molecular weight excluding hydrogens is 264 g/mol. The van der Waals surface area contributed by atoms with Gasteiger partial charge in [-0.05, 0) is 62.4 Å². The third-order valence-corrected chi connectivity index (χ3v) is 4.71. The van der Waals surface area contributed by atoms with Gasteiger partial charge in [0.1, 0.15) is 0 Å². The summed E-state index contributed by atoms with van der Waals surface area (Å²) in [5.41, 5.74) is 7.13. The van der Waals surface area contributed by atoms with E-state index in [0.29, 0.717) is 12.0 Å². The van der Waals surface area contributed by atoms with Gasteiger partial charge in [-0.25, -0.2) is 0 Å². The lowest BCUT2D eigenvalue weighted by Gasteiger charge is -2.21. The van der Waals surface area contributed by atoms with E-state index >= 15 is 0 Å². The van der Waals surface area contributed by atoms with Crippen LogP contribution in [0.4, 0.5) is 0 Å². The van der Waals surface area contributed by atoms with Gasteiger partial charge in [-0.3, -0.25) is 4.90 Å². The molecule has 4 nitrogen and oxygen atoms in total. The first-order valence-corrected chi connectivity index (χ1v) is 7.92. The predicted molar refractivity (Wildman–Crippen MR) is 83.7 cm³/mol. The van der Waals surface area contributed by atoms with Crippen LogP contribution in [0.5, 0.6) is 11.5 Å². The molecule has 1 heterocycles. The topological polar surface area (TPSA) is 47.7 Å². The molecule has 1 aromatic rings. The molecular formula is C17H26N2O2. The zero-order valence-corrected chi connectivity index (χ0v) is 13.0. The van der Waals surface area contributed by atoms with Crippen LogP contribution in [0, 0.1) is 11.8 Å². The predicted octanol–water partition coefficient (Wildman–Crippen LogP) is 2.44. The Morgan fingerprint density at radius 1 is 1.24 bits per heavy atom. The number of nitrogens with zero attached hydrogens (tertiary/aromatic N) is 1. The summed E-state index contributed by atoms with van der Waals surface area (Å²) in [5.74, 6) is 3.05. The normalized spacial score (nSPS) is 26.0. The maximum Gasteiger partial charge on any atom is 0.161 e. The second-order valence-electron chi connectivity index (χ2n) is 6.46. The van der Waals surface area contributed by atoms with Gasteiger partial charge in [-0.1, -0.05) is 6.07 Å². The number of ether oxygens (including phenoxy) is 2. The van der Waals surface area contributed by atoms with E-state index in [9.17, 15) is 0 Å². The molecule has 0 amide bonds. The molecule has 4 heteroatoms. The largest absolute Gasteiger partial charge is 0.493 e. The Morgan fingerprint density at radius 2 is 2.05 bits per heavy atom. The average Bonchev–Trinajstić information content (AvgIpc) is 3.26. The molecule has 2 fully saturated rings. The summed E-state index contributed by atoms with van der Waals surface area (Å²) >= 11 is 0. The van der Waals surface area contributed by atoms with Crippen molar-refractivity contribution >= 4 is 0 Å². The van der Waals surface area contributed by atoms with Gasteiger partial charge >= 0.3 is 0 Å². The molecule has 0 aromatic heterocycles. The highest BCUT2D eigenvalue weighted by Gasteiger charge is 2.30. The van der Waals surface area contributed by atoms with Gasteiger partial charge in [0, 0.05) is 12.6 Å². The van der Waals surface area contributed by atoms with E-state index in [1.807, 2.05) is 6.07 Å². The van der Waals surface area contributed by atoms with Crippen LogP contribution in [-0.4, -0.2) is 38.8 Å². The van der Waals surface area contributed by atoms with Gasteiger partial charge < -0.3 is 15.2 Å². The van der Waals surface area contributed by atoms with Crippen LogP contribution < -0.4 is 15.2 Å². The van der Waals surface area contributed by atoms with Crippen molar-refractivity contribution in [3.8, 4) is 11.5 Å². The maximum atomic E-state index is 5.97. The van der Waals surface area contributed by atoms with E-state index in [1.54, 1.807) is 7.11 Å². The minimum atomic E-state index is 0.438. The van der Waals surface area contributed by atoms with Crippen molar-refractivity contribution in [3.63, 3.8) is 0 Å².